The Morgan fingerprint density at radius 2 is 2.22 bits per heavy atom. The molecule has 1 atom stereocenters. The molecule has 5 nitrogen and oxygen atoms in total. The number of hydrogen-bond acceptors (Lipinski definition) is 5. The molecule has 2 fully saturated rings. The van der Waals surface area contributed by atoms with Gasteiger partial charge < -0.3 is 13.9 Å². The molecule has 0 radical (unpaired) electrons. The molecule has 0 bridgehead atoms. The number of hydrogen-bond donors (Lipinski definition) is 0. The van der Waals surface area contributed by atoms with Crippen molar-refractivity contribution in [1.82, 2.24) is 9.88 Å². The van der Waals surface area contributed by atoms with E-state index in [1.807, 2.05) is 31.2 Å². The Morgan fingerprint density at radius 1 is 1.30 bits per heavy atom. The van der Waals surface area contributed by atoms with Crippen molar-refractivity contribution < 1.29 is 13.9 Å². The third-order valence-corrected chi connectivity index (χ3v) is 4.57. The van der Waals surface area contributed by atoms with Crippen molar-refractivity contribution in [3.05, 3.63) is 48.0 Å². The fourth-order valence-electron chi connectivity index (χ4n) is 3.56. The van der Waals surface area contributed by atoms with E-state index in [1.165, 1.54) is 0 Å². The molecule has 5 heteroatoms. The second kappa shape index (κ2) is 5.98. The van der Waals surface area contributed by atoms with Crippen LogP contribution in [0.1, 0.15) is 24.4 Å². The smallest absolute Gasteiger partial charge is 0.213 e. The van der Waals surface area contributed by atoms with Crippen molar-refractivity contribution in [2.24, 2.45) is 0 Å². The maximum Gasteiger partial charge on any atom is 0.213 e. The van der Waals surface area contributed by atoms with Crippen LogP contribution in [-0.2, 0) is 11.3 Å². The van der Waals surface area contributed by atoms with E-state index in [9.17, 15) is 0 Å². The van der Waals surface area contributed by atoms with Crippen LogP contribution in [0.4, 0.5) is 0 Å². The molecular weight excluding hydrogens is 292 g/mol. The Bertz CT molecular complexity index is 649. The number of nitrogens with zero attached hydrogens (tertiary/aromatic N) is 2. The Kier molecular flexibility index (Phi) is 3.83. The Balaban J connectivity index is 1.32. The van der Waals surface area contributed by atoms with Crippen LogP contribution in [0.25, 0.3) is 0 Å². The molecular formula is C18H22N2O3. The SMILES string of the molecule is Cc1ccc(CN2CC3(C[C@H](Oc4ccccn4)CCO3)C2)o1. The van der Waals surface area contributed by atoms with Gasteiger partial charge in [-0.3, -0.25) is 4.90 Å². The van der Waals surface area contributed by atoms with E-state index in [4.69, 9.17) is 13.9 Å². The van der Waals surface area contributed by atoms with Crippen LogP contribution in [0.2, 0.25) is 0 Å². The molecule has 1 spiro atoms. The van der Waals surface area contributed by atoms with Gasteiger partial charge >= 0.3 is 0 Å². The molecule has 122 valence electrons. The summed E-state index contributed by atoms with van der Waals surface area (Å²) in [5.41, 5.74) is -0.0562. The van der Waals surface area contributed by atoms with Crippen LogP contribution in [0.5, 0.6) is 5.88 Å². The molecule has 2 aromatic rings. The average molecular weight is 314 g/mol. The van der Waals surface area contributed by atoms with Crippen molar-refractivity contribution in [1.29, 1.82) is 0 Å². The van der Waals surface area contributed by atoms with Crippen molar-refractivity contribution in [2.45, 2.75) is 38.0 Å². The Morgan fingerprint density at radius 3 is 2.96 bits per heavy atom. The summed E-state index contributed by atoms with van der Waals surface area (Å²) in [5, 5.41) is 0. The van der Waals surface area contributed by atoms with Gasteiger partial charge in [0, 0.05) is 38.2 Å². The fourth-order valence-corrected chi connectivity index (χ4v) is 3.56. The highest BCUT2D eigenvalue weighted by Gasteiger charge is 2.48. The van der Waals surface area contributed by atoms with Gasteiger partial charge in [0.05, 0.1) is 18.8 Å². The Labute approximate surface area is 136 Å². The molecule has 0 N–H and O–H groups in total. The predicted molar refractivity (Wildman–Crippen MR) is 85.3 cm³/mol. The zero-order valence-corrected chi connectivity index (χ0v) is 13.4. The van der Waals surface area contributed by atoms with E-state index in [0.717, 1.165) is 50.6 Å². The first-order chi connectivity index (χ1) is 11.2. The molecule has 23 heavy (non-hydrogen) atoms. The quantitative estimate of drug-likeness (QED) is 0.868. The van der Waals surface area contributed by atoms with Gasteiger partial charge in [0.25, 0.3) is 0 Å². The molecule has 0 amide bonds. The fraction of sp³-hybridized carbons (Fsp3) is 0.500. The number of furan rings is 1. The summed E-state index contributed by atoms with van der Waals surface area (Å²) in [6.07, 6.45) is 3.81. The number of aromatic nitrogens is 1. The molecule has 0 aliphatic carbocycles. The lowest BCUT2D eigenvalue weighted by molar-refractivity contribution is -0.189. The highest BCUT2D eigenvalue weighted by atomic mass is 16.5. The first-order valence-electron chi connectivity index (χ1n) is 8.20. The second-order valence-electron chi connectivity index (χ2n) is 6.59. The molecule has 2 saturated heterocycles. The normalized spacial score (nSPS) is 23.6. The summed E-state index contributed by atoms with van der Waals surface area (Å²) >= 11 is 0. The van der Waals surface area contributed by atoms with Crippen LogP contribution in [0, 0.1) is 6.92 Å². The van der Waals surface area contributed by atoms with Crippen molar-refractivity contribution in [3.63, 3.8) is 0 Å². The lowest BCUT2D eigenvalue weighted by atomic mass is 9.84. The summed E-state index contributed by atoms with van der Waals surface area (Å²) in [4.78, 5) is 6.61. The van der Waals surface area contributed by atoms with E-state index in [1.54, 1.807) is 6.20 Å². The average Bonchev–Trinajstić information content (AvgIpc) is 2.92. The molecule has 2 aromatic heterocycles. The van der Waals surface area contributed by atoms with Crippen molar-refractivity contribution in [2.75, 3.05) is 19.7 Å². The largest absolute Gasteiger partial charge is 0.474 e. The van der Waals surface area contributed by atoms with E-state index >= 15 is 0 Å². The van der Waals surface area contributed by atoms with Crippen LogP contribution in [-0.4, -0.2) is 41.3 Å². The first-order valence-corrected chi connectivity index (χ1v) is 8.20. The van der Waals surface area contributed by atoms with Crippen molar-refractivity contribution >= 4 is 0 Å². The van der Waals surface area contributed by atoms with Crippen LogP contribution in [0.3, 0.4) is 0 Å². The molecule has 0 aromatic carbocycles. The van der Waals surface area contributed by atoms with Gasteiger partial charge in [0.1, 0.15) is 17.6 Å². The molecule has 4 rings (SSSR count). The predicted octanol–water partition coefficient (Wildman–Crippen LogP) is 2.80. The van der Waals surface area contributed by atoms with Crippen LogP contribution < -0.4 is 4.74 Å². The zero-order chi connectivity index (χ0) is 15.7. The van der Waals surface area contributed by atoms with Gasteiger partial charge in [-0.25, -0.2) is 4.98 Å². The van der Waals surface area contributed by atoms with Crippen molar-refractivity contribution in [3.8, 4) is 5.88 Å². The number of aryl methyl sites for hydroxylation is 1. The van der Waals surface area contributed by atoms with E-state index in [0.29, 0.717) is 5.88 Å². The standard InChI is InChI=1S/C18H22N2O3/c1-14-5-6-16(22-14)11-20-12-18(13-20)10-15(7-9-21-18)23-17-4-2-3-8-19-17/h2-6,8,15H,7,9-13H2,1H3/t15-/m1/s1. The molecule has 0 unspecified atom stereocenters. The zero-order valence-electron chi connectivity index (χ0n) is 13.4. The second-order valence-corrected chi connectivity index (χ2v) is 6.59. The number of likely N-dealkylation sites (tertiary alicyclic amines) is 1. The third-order valence-electron chi connectivity index (χ3n) is 4.57. The molecule has 2 aliphatic rings. The van der Waals surface area contributed by atoms with Gasteiger partial charge in [0.15, 0.2) is 0 Å². The van der Waals surface area contributed by atoms with Gasteiger partial charge in [-0.2, -0.15) is 0 Å². The third kappa shape index (κ3) is 3.26. The summed E-state index contributed by atoms with van der Waals surface area (Å²) in [6, 6.07) is 9.83. The number of ether oxygens (including phenoxy) is 2. The van der Waals surface area contributed by atoms with Crippen LogP contribution in [0.15, 0.2) is 40.9 Å². The Hall–Kier alpha value is -1.85. The molecule has 0 saturated carbocycles. The minimum Gasteiger partial charge on any atom is -0.474 e. The molecule has 4 heterocycles. The highest BCUT2D eigenvalue weighted by Crippen LogP contribution is 2.36. The van der Waals surface area contributed by atoms with Gasteiger partial charge in [-0.05, 0) is 25.1 Å². The van der Waals surface area contributed by atoms with E-state index < -0.39 is 0 Å². The van der Waals surface area contributed by atoms with E-state index in [2.05, 4.69) is 16.0 Å². The molecule has 2 aliphatic heterocycles. The minimum atomic E-state index is -0.0562. The maximum absolute atomic E-state index is 6.07. The highest BCUT2D eigenvalue weighted by molar-refractivity contribution is 5.11. The lowest BCUT2D eigenvalue weighted by Crippen LogP contribution is -2.65. The van der Waals surface area contributed by atoms with Gasteiger partial charge in [0.2, 0.25) is 5.88 Å². The first kappa shape index (κ1) is 14.7. The summed E-state index contributed by atoms with van der Waals surface area (Å²) in [6.45, 7) is 5.46. The summed E-state index contributed by atoms with van der Waals surface area (Å²) < 4.78 is 17.7. The lowest BCUT2D eigenvalue weighted by Gasteiger charge is -2.52. The number of rotatable bonds is 4. The maximum atomic E-state index is 6.07. The summed E-state index contributed by atoms with van der Waals surface area (Å²) in [7, 11) is 0. The van der Waals surface area contributed by atoms with Crippen LogP contribution >= 0.6 is 0 Å². The monoisotopic (exact) mass is 314 g/mol. The number of pyridine rings is 1. The topological polar surface area (TPSA) is 47.7 Å². The van der Waals surface area contributed by atoms with Gasteiger partial charge in [-0.15, -0.1) is 0 Å². The summed E-state index contributed by atoms with van der Waals surface area (Å²) in [5.74, 6) is 2.69. The van der Waals surface area contributed by atoms with E-state index in [-0.39, 0.29) is 11.7 Å². The minimum absolute atomic E-state index is 0.0562. The van der Waals surface area contributed by atoms with Gasteiger partial charge in [-0.1, -0.05) is 6.07 Å².